The Hall–Kier alpha value is -5.46. The first-order valence-electron chi connectivity index (χ1n) is 17.3. The van der Waals surface area contributed by atoms with E-state index in [1.165, 1.54) is 0 Å². The number of allylic oxidation sites excluding steroid dienone is 2. The summed E-state index contributed by atoms with van der Waals surface area (Å²) in [5.41, 5.74) is 8.49. The Morgan fingerprint density at radius 3 is 0.873 bits per heavy atom. The SMILES string of the molecule is C(#Cc1ccccc1)c1ccccc1.[C-](=C(C(=[C-]c1ccccc1)c1ccccc1)c1ccccc1)c1ccccc1.[Ni].[Ni].[Ni].[cH-]1[cH-][cH-][cH-][cH-]1.c1cc[cH-]c1. The molecule has 0 aromatic heterocycles. The Morgan fingerprint density at radius 1 is 0.327 bits per heavy atom. The van der Waals surface area contributed by atoms with Crippen LogP contribution in [0.4, 0.5) is 0 Å². The fourth-order valence-electron chi connectivity index (χ4n) is 4.93. The predicted molar refractivity (Wildman–Crippen MR) is 220 cm³/mol. The first kappa shape index (κ1) is 45.7. The van der Waals surface area contributed by atoms with Crippen molar-refractivity contribution in [3.05, 3.63) is 288 Å². The molecule has 55 heavy (non-hydrogen) atoms. The van der Waals surface area contributed by atoms with Gasteiger partial charge in [-0.3, -0.25) is 0 Å². The average Bonchev–Trinajstić information content (AvgIpc) is 4.02. The molecule has 0 saturated carbocycles. The van der Waals surface area contributed by atoms with Crippen LogP contribution in [0.1, 0.15) is 33.4 Å². The maximum Gasteiger partial charge on any atom is 0.0249 e. The average molecular weight is 841 g/mol. The van der Waals surface area contributed by atoms with Crippen molar-refractivity contribution in [1.29, 1.82) is 0 Å². The summed E-state index contributed by atoms with van der Waals surface area (Å²) in [5.74, 6) is 6.22. The van der Waals surface area contributed by atoms with Gasteiger partial charge in [0.1, 0.15) is 0 Å². The summed E-state index contributed by atoms with van der Waals surface area (Å²) in [4.78, 5) is 0. The minimum absolute atomic E-state index is 0. The van der Waals surface area contributed by atoms with Gasteiger partial charge in [0.25, 0.3) is 0 Å². The Labute approximate surface area is 358 Å². The molecule has 0 N–H and O–H groups in total. The number of hydrogen-bond donors (Lipinski definition) is 0. The molecule has 3 heteroatoms. The normalized spacial score (nSPS) is 9.82. The minimum atomic E-state index is 0. The van der Waals surface area contributed by atoms with Crippen molar-refractivity contribution >= 4 is 11.1 Å². The molecule has 8 aromatic carbocycles. The second kappa shape index (κ2) is 28.0. The van der Waals surface area contributed by atoms with E-state index in [2.05, 4.69) is 96.8 Å². The van der Waals surface area contributed by atoms with Crippen molar-refractivity contribution in [3.8, 4) is 11.8 Å². The van der Waals surface area contributed by atoms with Crippen LogP contribution < -0.4 is 0 Å². The van der Waals surface area contributed by atoms with E-state index in [1.54, 1.807) is 0 Å². The van der Waals surface area contributed by atoms with Crippen LogP contribution in [0.5, 0.6) is 0 Å². The van der Waals surface area contributed by atoms with Gasteiger partial charge in [0.15, 0.2) is 0 Å². The molecule has 0 amide bonds. The fourth-order valence-corrected chi connectivity index (χ4v) is 4.93. The van der Waals surface area contributed by atoms with Gasteiger partial charge in [0.05, 0.1) is 0 Å². The summed E-state index contributed by atoms with van der Waals surface area (Å²) in [5, 5.41) is 0. The van der Waals surface area contributed by atoms with Crippen molar-refractivity contribution in [2.75, 3.05) is 0 Å². The van der Waals surface area contributed by atoms with Crippen molar-refractivity contribution in [2.24, 2.45) is 0 Å². The number of benzene rings is 6. The molecule has 8 aromatic rings. The van der Waals surface area contributed by atoms with Crippen LogP contribution in [-0.4, -0.2) is 0 Å². The number of rotatable bonds is 5. The van der Waals surface area contributed by atoms with Crippen molar-refractivity contribution in [1.82, 2.24) is 0 Å². The zero-order chi connectivity index (χ0) is 35.7. The molecule has 286 valence electrons. The minimum Gasteiger partial charge on any atom is -0.748 e. The molecule has 0 bridgehead atoms. The maximum absolute atomic E-state index is 3.63. The van der Waals surface area contributed by atoms with Gasteiger partial charge in [0, 0.05) is 60.6 Å². The van der Waals surface area contributed by atoms with E-state index >= 15 is 0 Å². The van der Waals surface area contributed by atoms with E-state index in [9.17, 15) is 0 Å². The molecule has 0 saturated heterocycles. The summed E-state index contributed by atoms with van der Waals surface area (Å²) in [7, 11) is 0. The third-order valence-electron chi connectivity index (χ3n) is 7.47. The van der Waals surface area contributed by atoms with Crippen molar-refractivity contribution in [2.45, 2.75) is 0 Å². The van der Waals surface area contributed by atoms with Crippen LogP contribution in [0.3, 0.4) is 0 Å². The van der Waals surface area contributed by atoms with E-state index in [0.29, 0.717) is 0 Å². The topological polar surface area (TPSA) is 0 Å². The smallest absolute Gasteiger partial charge is 0.0249 e. The van der Waals surface area contributed by atoms with E-state index < -0.39 is 0 Å². The molecule has 8 rings (SSSR count). The van der Waals surface area contributed by atoms with Crippen LogP contribution in [0.25, 0.3) is 11.1 Å². The quantitative estimate of drug-likeness (QED) is 0.0532. The molecule has 0 heterocycles. The number of hydrogen-bond acceptors (Lipinski definition) is 0. The van der Waals surface area contributed by atoms with Gasteiger partial charge in [-0.2, -0.15) is 41.5 Å². The molecule has 0 radical (unpaired) electrons. The first-order valence-corrected chi connectivity index (χ1v) is 17.3. The van der Waals surface area contributed by atoms with E-state index in [0.717, 1.165) is 44.5 Å². The summed E-state index contributed by atoms with van der Waals surface area (Å²) < 4.78 is 0. The molecular formula is C52H40Ni3-8. The summed E-state index contributed by atoms with van der Waals surface area (Å²) in [6, 6.07) is 81.4. The molecule has 0 aliphatic rings. The largest absolute Gasteiger partial charge is 0.748 e. The van der Waals surface area contributed by atoms with E-state index in [1.807, 2.05) is 170 Å². The Balaban J connectivity index is 0.000000320. The van der Waals surface area contributed by atoms with E-state index in [-0.39, 0.29) is 49.5 Å². The Bertz CT molecular complexity index is 1990. The second-order valence-electron chi connectivity index (χ2n) is 11.4. The summed E-state index contributed by atoms with van der Waals surface area (Å²) in [6.45, 7) is 0. The molecular weight excluding hydrogens is 801 g/mol. The zero-order valence-electron chi connectivity index (χ0n) is 30.0. The van der Waals surface area contributed by atoms with Crippen LogP contribution >= 0.6 is 0 Å². The Kier molecular flexibility index (Phi) is 23.3. The van der Waals surface area contributed by atoms with Gasteiger partial charge in [-0.1, -0.05) is 145 Å². The third kappa shape index (κ3) is 17.5. The zero-order valence-corrected chi connectivity index (χ0v) is 33.0. The van der Waals surface area contributed by atoms with Gasteiger partial charge in [-0.05, 0) is 24.3 Å². The Morgan fingerprint density at radius 2 is 0.600 bits per heavy atom. The van der Waals surface area contributed by atoms with Crippen LogP contribution in [0.2, 0.25) is 0 Å². The van der Waals surface area contributed by atoms with Gasteiger partial charge in [-0.25, -0.2) is 12.1 Å². The molecule has 0 aliphatic heterocycles. The van der Waals surface area contributed by atoms with Gasteiger partial charge >= 0.3 is 0 Å². The van der Waals surface area contributed by atoms with Crippen molar-refractivity contribution < 1.29 is 49.5 Å². The van der Waals surface area contributed by atoms with Crippen LogP contribution in [0.15, 0.2) is 243 Å². The molecule has 0 spiro atoms. The molecule has 0 unspecified atom stereocenters. The third-order valence-corrected chi connectivity index (χ3v) is 7.47. The monoisotopic (exact) mass is 838 g/mol. The first-order chi connectivity index (χ1) is 25.8. The van der Waals surface area contributed by atoms with Crippen LogP contribution in [0, 0.1) is 24.0 Å². The standard InChI is InChI=1S/C28H20.C14H10.2C5H5.3Ni/c1-5-13-23(14-6-1)21-27(25-17-9-3-10-18-25)28(26-19-11-4-12-20-26)22-24-15-7-2-8-16-24;1-3-7-13(8-4-1)11-12-14-9-5-2-6-10-14;2*1-2-4-5-3-1;;;/h1-20H;1-10H;2*1-5H;;;/q-2;;-5;-1;;;. The van der Waals surface area contributed by atoms with Gasteiger partial charge < -0.3 is 30.3 Å². The fraction of sp³-hybridized carbons (Fsp3) is 0. The van der Waals surface area contributed by atoms with Gasteiger partial charge in [-0.15, -0.1) is 46.5 Å². The van der Waals surface area contributed by atoms with Crippen molar-refractivity contribution in [3.63, 3.8) is 0 Å². The summed E-state index contributed by atoms with van der Waals surface area (Å²) >= 11 is 0. The molecule has 0 atom stereocenters. The molecule has 0 nitrogen and oxygen atoms in total. The predicted octanol–water partition coefficient (Wildman–Crippen LogP) is 12.7. The summed E-state index contributed by atoms with van der Waals surface area (Å²) in [6.07, 6.45) is 7.26. The second-order valence-corrected chi connectivity index (χ2v) is 11.4. The van der Waals surface area contributed by atoms with E-state index in [4.69, 9.17) is 0 Å². The molecule has 0 fully saturated rings. The maximum atomic E-state index is 3.63. The van der Waals surface area contributed by atoms with Crippen LogP contribution in [-0.2, 0) is 49.5 Å². The van der Waals surface area contributed by atoms with Gasteiger partial charge in [0.2, 0.25) is 0 Å². The molecule has 0 aliphatic carbocycles.